The van der Waals surface area contributed by atoms with Crippen LogP contribution in [-0.2, 0) is 25.0 Å². The lowest BCUT2D eigenvalue weighted by molar-refractivity contribution is -0.194. The highest BCUT2D eigenvalue weighted by molar-refractivity contribution is 7.49. The van der Waals surface area contributed by atoms with Crippen LogP contribution in [0.1, 0.15) is 11.8 Å². The van der Waals surface area contributed by atoms with Gasteiger partial charge >= 0.3 is 13.5 Å². The monoisotopic (exact) mass is 480 g/mol. The molecule has 5 atom stereocenters. The van der Waals surface area contributed by atoms with Crippen molar-refractivity contribution < 1.29 is 46.3 Å². The van der Waals surface area contributed by atoms with E-state index in [1.54, 1.807) is 23.2 Å². The van der Waals surface area contributed by atoms with E-state index in [4.69, 9.17) is 18.3 Å². The maximum Gasteiger partial charge on any atom is 0.530 e. The quantitative estimate of drug-likeness (QED) is 0.525. The molecule has 0 spiro atoms. The number of H-pyrrole nitrogens is 1. The Hall–Kier alpha value is -2.48. The Labute approximate surface area is 176 Å². The van der Waals surface area contributed by atoms with Gasteiger partial charge in [0.2, 0.25) is 5.82 Å². The van der Waals surface area contributed by atoms with E-state index in [2.05, 4.69) is 0 Å². The first kappa shape index (κ1) is 22.7. The number of aromatic amines is 1. The highest BCUT2D eigenvalue weighted by atomic mass is 31.2. The fourth-order valence-electron chi connectivity index (χ4n) is 3.29. The van der Waals surface area contributed by atoms with Gasteiger partial charge in [0.15, 0.2) is 11.8 Å². The van der Waals surface area contributed by atoms with Gasteiger partial charge in [0.25, 0.3) is 12.0 Å². The highest BCUT2D eigenvalue weighted by Gasteiger charge is 2.62. The molecule has 1 saturated heterocycles. The van der Waals surface area contributed by atoms with Crippen molar-refractivity contribution in [2.24, 2.45) is 0 Å². The van der Waals surface area contributed by atoms with Crippen LogP contribution >= 0.6 is 7.82 Å². The van der Waals surface area contributed by atoms with Gasteiger partial charge in [0.1, 0.15) is 18.0 Å². The van der Waals surface area contributed by atoms with Crippen molar-refractivity contribution in [3.63, 3.8) is 0 Å². The van der Waals surface area contributed by atoms with E-state index in [1.165, 1.54) is 6.07 Å². The van der Waals surface area contributed by atoms with Gasteiger partial charge in [-0.25, -0.2) is 18.1 Å². The van der Waals surface area contributed by atoms with Gasteiger partial charge in [-0.3, -0.25) is 23.4 Å². The number of aliphatic hydroxyl groups is 2. The van der Waals surface area contributed by atoms with Crippen molar-refractivity contribution in [3.05, 3.63) is 62.7 Å². The van der Waals surface area contributed by atoms with Crippen molar-refractivity contribution in [1.29, 1.82) is 0 Å². The largest absolute Gasteiger partial charge is 0.530 e. The third-order valence-electron chi connectivity index (χ3n) is 5.03. The van der Waals surface area contributed by atoms with Gasteiger partial charge in [0, 0.05) is 5.56 Å². The molecule has 2 aliphatic rings. The Morgan fingerprint density at radius 2 is 2.03 bits per heavy atom. The number of ether oxygens (including phenoxy) is 1. The molecule has 1 fully saturated rings. The van der Waals surface area contributed by atoms with Gasteiger partial charge < -0.3 is 19.5 Å². The number of nitrogens with zero attached hydrogens (tertiary/aromatic N) is 1. The Bertz CT molecular complexity index is 1190. The van der Waals surface area contributed by atoms with Crippen molar-refractivity contribution in [1.82, 2.24) is 9.55 Å². The Kier molecular flexibility index (Phi) is 5.77. The molecule has 1 aromatic carbocycles. The zero-order valence-corrected chi connectivity index (χ0v) is 16.8. The molecule has 0 radical (unpaired) electrons. The van der Waals surface area contributed by atoms with Crippen LogP contribution < -0.4 is 15.8 Å². The average molecular weight is 480 g/mol. The average Bonchev–Trinajstić information content (AvgIpc) is 3.01. The molecule has 2 aliphatic heterocycles. The minimum absolute atomic E-state index is 0.134. The first-order valence-corrected chi connectivity index (χ1v) is 10.5. The number of halogens is 3. The van der Waals surface area contributed by atoms with Crippen LogP contribution in [0, 0.1) is 5.82 Å². The molecule has 1 aromatic heterocycles. The molecular weight excluding hydrogens is 464 g/mol. The third-order valence-corrected chi connectivity index (χ3v) is 6.34. The van der Waals surface area contributed by atoms with Gasteiger partial charge in [-0.15, -0.1) is 0 Å². The summed E-state index contributed by atoms with van der Waals surface area (Å²) in [7, 11) is -4.42. The molecule has 32 heavy (non-hydrogen) atoms. The Morgan fingerprint density at radius 1 is 1.31 bits per heavy atom. The van der Waals surface area contributed by atoms with Gasteiger partial charge in [0.05, 0.1) is 19.4 Å². The molecule has 0 bridgehead atoms. The molecule has 174 valence electrons. The molecule has 3 heterocycles. The number of alkyl halides is 2. The first-order chi connectivity index (χ1) is 15.1. The maximum atomic E-state index is 14.0. The van der Waals surface area contributed by atoms with E-state index in [0.717, 1.165) is 0 Å². The number of hydrogen-bond acceptors (Lipinski definition) is 9. The van der Waals surface area contributed by atoms with Crippen LogP contribution in [0.2, 0.25) is 0 Å². The second-order valence-electron chi connectivity index (χ2n) is 7.04. The predicted octanol–water partition coefficient (Wildman–Crippen LogP) is 0.664. The summed E-state index contributed by atoms with van der Waals surface area (Å²) < 4.78 is 74.8. The fraction of sp³-hybridized carbons (Fsp3) is 0.412. The maximum absolute atomic E-state index is 14.0. The number of nitrogens with one attached hydrogen (secondary N) is 1. The standard InChI is InChI=1S/C17H16F3N2O9P/c18-9-5-22(16(26)21-13(9)25)14-11(23)12(24)17(30-14,15(19)20)7-29-32(27)28-6-8-3-1-2-4-10(8)31-32/h1-5,11-12,14-15,23-24H,6-7H2,(H,21,25,26)/t11-,12-,14-,17-,32?/m1/s1. The predicted molar refractivity (Wildman–Crippen MR) is 97.6 cm³/mol. The van der Waals surface area contributed by atoms with E-state index in [1.807, 2.05) is 0 Å². The normalized spacial score (nSPS) is 32.0. The third kappa shape index (κ3) is 3.78. The number of rotatable bonds is 5. The number of benzene rings is 1. The lowest BCUT2D eigenvalue weighted by Gasteiger charge is -2.32. The molecule has 3 N–H and O–H groups in total. The van der Waals surface area contributed by atoms with Crippen LogP contribution in [0.5, 0.6) is 5.75 Å². The second-order valence-corrected chi connectivity index (χ2v) is 8.63. The summed E-state index contributed by atoms with van der Waals surface area (Å²) in [5.41, 5.74) is -5.15. The van der Waals surface area contributed by atoms with E-state index in [9.17, 15) is 37.5 Å². The minimum atomic E-state index is -4.42. The number of phosphoric ester groups is 1. The number of aromatic nitrogens is 2. The molecule has 1 unspecified atom stereocenters. The molecule has 0 amide bonds. The molecule has 15 heteroatoms. The van der Waals surface area contributed by atoms with E-state index >= 15 is 0 Å². The summed E-state index contributed by atoms with van der Waals surface area (Å²) in [4.78, 5) is 24.7. The SMILES string of the molecule is O=c1[nH]c(=O)n([C@@H]2O[C@@](COP3(=O)OCc4ccccc4O3)(C(F)F)[C@H](O)[C@H]2O)cc1F. The summed E-state index contributed by atoms with van der Waals surface area (Å²) in [5, 5.41) is 20.6. The van der Waals surface area contributed by atoms with E-state index in [-0.39, 0.29) is 12.4 Å². The fourth-order valence-corrected chi connectivity index (χ4v) is 4.55. The van der Waals surface area contributed by atoms with Crippen molar-refractivity contribution >= 4 is 7.82 Å². The topological polar surface area (TPSA) is 149 Å². The Morgan fingerprint density at radius 3 is 2.75 bits per heavy atom. The first-order valence-electron chi connectivity index (χ1n) is 9.06. The van der Waals surface area contributed by atoms with Gasteiger partial charge in [-0.2, -0.15) is 4.39 Å². The van der Waals surface area contributed by atoms with Crippen molar-refractivity contribution in [3.8, 4) is 5.75 Å². The van der Waals surface area contributed by atoms with Crippen LogP contribution in [0.15, 0.2) is 40.1 Å². The molecule has 2 aromatic rings. The van der Waals surface area contributed by atoms with Crippen molar-refractivity contribution in [2.45, 2.75) is 37.1 Å². The van der Waals surface area contributed by atoms with Crippen LogP contribution in [0.25, 0.3) is 0 Å². The Balaban J connectivity index is 1.60. The van der Waals surface area contributed by atoms with E-state index in [0.29, 0.717) is 16.3 Å². The van der Waals surface area contributed by atoms with Crippen molar-refractivity contribution in [2.75, 3.05) is 6.61 Å². The summed E-state index contributed by atoms with van der Waals surface area (Å²) in [5.74, 6) is -1.33. The lowest BCUT2D eigenvalue weighted by atomic mass is 9.96. The number of fused-ring (bicyclic) bond motifs is 1. The number of hydrogen-bond donors (Lipinski definition) is 3. The molecule has 0 saturated carbocycles. The van der Waals surface area contributed by atoms with Gasteiger partial charge in [-0.05, 0) is 6.07 Å². The molecule has 0 aliphatic carbocycles. The zero-order chi connectivity index (χ0) is 23.3. The summed E-state index contributed by atoms with van der Waals surface area (Å²) in [6.45, 7) is -1.50. The smallest absolute Gasteiger partial charge is 0.404 e. The van der Waals surface area contributed by atoms with Crippen LogP contribution in [0.3, 0.4) is 0 Å². The summed E-state index contributed by atoms with van der Waals surface area (Å²) in [6, 6.07) is 6.31. The molecular formula is C17H16F3N2O9P. The number of para-hydroxylation sites is 1. The molecule has 4 rings (SSSR count). The zero-order valence-electron chi connectivity index (χ0n) is 15.9. The number of phosphoric acid groups is 1. The van der Waals surface area contributed by atoms with Crippen LogP contribution in [0.4, 0.5) is 13.2 Å². The minimum Gasteiger partial charge on any atom is -0.404 e. The van der Waals surface area contributed by atoms with E-state index < -0.39 is 62.0 Å². The summed E-state index contributed by atoms with van der Waals surface area (Å²) >= 11 is 0. The lowest BCUT2D eigenvalue weighted by Crippen LogP contribution is -2.52. The molecule has 11 nitrogen and oxygen atoms in total. The highest BCUT2D eigenvalue weighted by Crippen LogP contribution is 2.56. The number of aliphatic hydroxyl groups excluding tert-OH is 2. The second kappa shape index (κ2) is 8.14. The van der Waals surface area contributed by atoms with Gasteiger partial charge in [-0.1, -0.05) is 18.2 Å². The van der Waals surface area contributed by atoms with Crippen LogP contribution in [-0.4, -0.2) is 50.6 Å². The summed E-state index contributed by atoms with van der Waals surface area (Å²) in [6.07, 6.45) is -9.79.